The number of hydrogen-bond donors (Lipinski definition) is 2. The predicted molar refractivity (Wildman–Crippen MR) is 110 cm³/mol. The molecule has 7 nitrogen and oxygen atoms in total. The highest BCUT2D eigenvalue weighted by atomic mass is 16.2. The lowest BCUT2D eigenvalue weighted by Gasteiger charge is -2.36. The maximum atomic E-state index is 12.8. The molecule has 0 spiro atoms. The average molecular weight is 382 g/mol. The van der Waals surface area contributed by atoms with Crippen LogP contribution in [0.5, 0.6) is 0 Å². The SMILES string of the molecule is CC[NH+]1CCN(c2nc(C)nc3c2CN(C(=O)Nc2ccccc2)CC3)CC1. The highest BCUT2D eigenvalue weighted by Gasteiger charge is 2.29. The zero-order valence-corrected chi connectivity index (χ0v) is 16.7. The number of urea groups is 1. The summed E-state index contributed by atoms with van der Waals surface area (Å²) in [6, 6.07) is 9.54. The molecule has 0 aliphatic carbocycles. The van der Waals surface area contributed by atoms with Crippen LogP contribution in [0.1, 0.15) is 24.0 Å². The molecule has 0 saturated carbocycles. The molecule has 4 rings (SSSR count). The van der Waals surface area contributed by atoms with Crippen molar-refractivity contribution in [2.24, 2.45) is 0 Å². The summed E-state index contributed by atoms with van der Waals surface area (Å²) in [6.07, 6.45) is 0.772. The van der Waals surface area contributed by atoms with Crippen molar-refractivity contribution in [3.05, 3.63) is 47.4 Å². The van der Waals surface area contributed by atoms with Crippen LogP contribution in [0.4, 0.5) is 16.3 Å². The molecule has 2 aliphatic rings. The molecule has 2 amide bonds. The molecule has 28 heavy (non-hydrogen) atoms. The van der Waals surface area contributed by atoms with E-state index in [0.717, 1.165) is 61.2 Å². The number of quaternary nitrogens is 1. The molecule has 2 aromatic rings. The van der Waals surface area contributed by atoms with Gasteiger partial charge in [-0.3, -0.25) is 0 Å². The number of benzene rings is 1. The summed E-state index contributed by atoms with van der Waals surface area (Å²) in [5.41, 5.74) is 3.02. The normalized spacial score (nSPS) is 17.4. The molecular formula is C21H29N6O+. The minimum atomic E-state index is -0.0661. The molecule has 0 unspecified atom stereocenters. The molecule has 3 heterocycles. The van der Waals surface area contributed by atoms with Crippen LogP contribution in [0.15, 0.2) is 30.3 Å². The molecular weight excluding hydrogens is 352 g/mol. The lowest BCUT2D eigenvalue weighted by Crippen LogP contribution is -3.14. The van der Waals surface area contributed by atoms with E-state index in [0.29, 0.717) is 13.1 Å². The fraction of sp³-hybridized carbons (Fsp3) is 0.476. The van der Waals surface area contributed by atoms with Crippen molar-refractivity contribution in [1.29, 1.82) is 0 Å². The summed E-state index contributed by atoms with van der Waals surface area (Å²) in [7, 11) is 0. The van der Waals surface area contributed by atoms with Gasteiger partial charge in [0.2, 0.25) is 0 Å². The summed E-state index contributed by atoms with van der Waals surface area (Å²) >= 11 is 0. The number of aromatic nitrogens is 2. The van der Waals surface area contributed by atoms with Gasteiger partial charge in [-0.05, 0) is 26.0 Å². The summed E-state index contributed by atoms with van der Waals surface area (Å²) in [5, 5.41) is 3.00. The Morgan fingerprint density at radius 3 is 2.61 bits per heavy atom. The Morgan fingerprint density at radius 1 is 1.14 bits per heavy atom. The number of likely N-dealkylation sites (N-methyl/N-ethyl adjacent to an activating group) is 1. The number of anilines is 2. The molecule has 1 saturated heterocycles. The maximum absolute atomic E-state index is 12.8. The number of carbonyl (C=O) groups excluding carboxylic acids is 1. The van der Waals surface area contributed by atoms with Crippen LogP contribution in [0.25, 0.3) is 0 Å². The van der Waals surface area contributed by atoms with E-state index in [1.807, 2.05) is 42.2 Å². The molecule has 0 radical (unpaired) electrons. The third-order valence-electron chi connectivity index (χ3n) is 5.73. The van der Waals surface area contributed by atoms with Gasteiger partial charge in [0.05, 0.1) is 45.0 Å². The molecule has 0 atom stereocenters. The van der Waals surface area contributed by atoms with Crippen molar-refractivity contribution in [2.45, 2.75) is 26.8 Å². The maximum Gasteiger partial charge on any atom is 0.322 e. The summed E-state index contributed by atoms with van der Waals surface area (Å²) in [5.74, 6) is 1.84. The molecule has 0 bridgehead atoms. The monoisotopic (exact) mass is 381 g/mol. The second-order valence-corrected chi connectivity index (χ2v) is 7.58. The van der Waals surface area contributed by atoms with Gasteiger partial charge in [-0.25, -0.2) is 14.8 Å². The van der Waals surface area contributed by atoms with Gasteiger partial charge in [0.15, 0.2) is 0 Å². The Morgan fingerprint density at radius 2 is 1.89 bits per heavy atom. The first-order valence-electron chi connectivity index (χ1n) is 10.2. The number of piperazine rings is 1. The summed E-state index contributed by atoms with van der Waals surface area (Å²) in [6.45, 7) is 10.9. The Kier molecular flexibility index (Phi) is 5.43. The smallest absolute Gasteiger partial charge is 0.322 e. The van der Waals surface area contributed by atoms with Gasteiger partial charge in [-0.2, -0.15) is 0 Å². The van der Waals surface area contributed by atoms with Crippen molar-refractivity contribution in [2.75, 3.05) is 49.5 Å². The minimum Gasteiger partial charge on any atom is -0.345 e. The van der Waals surface area contributed by atoms with Crippen LogP contribution in [0.3, 0.4) is 0 Å². The molecule has 2 N–H and O–H groups in total. The van der Waals surface area contributed by atoms with E-state index in [2.05, 4.69) is 22.1 Å². The first-order chi connectivity index (χ1) is 13.6. The van der Waals surface area contributed by atoms with Crippen molar-refractivity contribution >= 4 is 17.5 Å². The topological polar surface area (TPSA) is 65.8 Å². The molecule has 2 aliphatic heterocycles. The molecule has 7 heteroatoms. The van der Waals surface area contributed by atoms with Gasteiger partial charge in [0.25, 0.3) is 0 Å². The zero-order valence-electron chi connectivity index (χ0n) is 16.7. The fourth-order valence-corrected chi connectivity index (χ4v) is 4.06. The standard InChI is InChI=1S/C21H28N6O/c1-3-25-11-13-26(14-12-25)20-18-15-27(10-9-19(18)22-16(2)23-20)21(28)24-17-7-5-4-6-8-17/h4-8H,3,9-15H2,1-2H3,(H,24,28)/p+1. The minimum absolute atomic E-state index is 0.0661. The van der Waals surface area contributed by atoms with Crippen molar-refractivity contribution in [1.82, 2.24) is 14.9 Å². The molecule has 1 aromatic carbocycles. The Hall–Kier alpha value is -2.67. The van der Waals surface area contributed by atoms with Crippen LogP contribution in [0, 0.1) is 6.92 Å². The summed E-state index contributed by atoms with van der Waals surface area (Å²) < 4.78 is 0. The van der Waals surface area contributed by atoms with E-state index >= 15 is 0 Å². The number of hydrogen-bond acceptors (Lipinski definition) is 4. The first-order valence-corrected chi connectivity index (χ1v) is 10.2. The average Bonchev–Trinajstić information content (AvgIpc) is 2.73. The molecule has 148 valence electrons. The third kappa shape index (κ3) is 3.94. The lowest BCUT2D eigenvalue weighted by molar-refractivity contribution is -0.898. The highest BCUT2D eigenvalue weighted by molar-refractivity contribution is 5.89. The van der Waals surface area contributed by atoms with E-state index in [4.69, 9.17) is 4.98 Å². The second-order valence-electron chi connectivity index (χ2n) is 7.58. The van der Waals surface area contributed by atoms with Crippen LogP contribution in [-0.4, -0.2) is 60.2 Å². The van der Waals surface area contributed by atoms with Gasteiger partial charge in [-0.1, -0.05) is 18.2 Å². The van der Waals surface area contributed by atoms with Gasteiger partial charge < -0.3 is 20.0 Å². The number of nitrogens with one attached hydrogen (secondary N) is 2. The van der Waals surface area contributed by atoms with Gasteiger partial charge in [-0.15, -0.1) is 0 Å². The predicted octanol–water partition coefficient (Wildman–Crippen LogP) is 1.10. The van der Waals surface area contributed by atoms with Gasteiger partial charge in [0.1, 0.15) is 11.6 Å². The van der Waals surface area contributed by atoms with E-state index < -0.39 is 0 Å². The van der Waals surface area contributed by atoms with Gasteiger partial charge in [0, 0.05) is 24.2 Å². The Labute approximate surface area is 166 Å². The van der Waals surface area contributed by atoms with E-state index in [1.54, 1.807) is 4.90 Å². The van der Waals surface area contributed by atoms with Crippen molar-refractivity contribution in [3.63, 3.8) is 0 Å². The number of fused-ring (bicyclic) bond motifs is 1. The van der Waals surface area contributed by atoms with Crippen LogP contribution in [0.2, 0.25) is 0 Å². The number of rotatable bonds is 3. The second kappa shape index (κ2) is 8.14. The number of amides is 2. The van der Waals surface area contributed by atoms with E-state index in [-0.39, 0.29) is 6.03 Å². The zero-order chi connectivity index (χ0) is 19.5. The number of para-hydroxylation sites is 1. The van der Waals surface area contributed by atoms with E-state index in [9.17, 15) is 4.79 Å². The highest BCUT2D eigenvalue weighted by Crippen LogP contribution is 2.27. The number of carbonyl (C=O) groups is 1. The largest absolute Gasteiger partial charge is 0.345 e. The third-order valence-corrected chi connectivity index (χ3v) is 5.73. The Bertz CT molecular complexity index is 832. The van der Waals surface area contributed by atoms with Crippen molar-refractivity contribution in [3.8, 4) is 0 Å². The lowest BCUT2D eigenvalue weighted by atomic mass is 10.1. The van der Waals surface area contributed by atoms with Crippen LogP contribution in [-0.2, 0) is 13.0 Å². The van der Waals surface area contributed by atoms with Crippen LogP contribution < -0.4 is 15.1 Å². The quantitative estimate of drug-likeness (QED) is 0.836. The Balaban J connectivity index is 1.53. The van der Waals surface area contributed by atoms with Gasteiger partial charge >= 0.3 is 6.03 Å². The fourth-order valence-electron chi connectivity index (χ4n) is 4.06. The molecule has 1 fully saturated rings. The summed E-state index contributed by atoms with van der Waals surface area (Å²) in [4.78, 5) is 28.1. The number of nitrogens with zero attached hydrogens (tertiary/aromatic N) is 4. The van der Waals surface area contributed by atoms with E-state index in [1.165, 1.54) is 6.54 Å². The first kappa shape index (κ1) is 18.7. The van der Waals surface area contributed by atoms with Crippen molar-refractivity contribution < 1.29 is 9.69 Å². The van der Waals surface area contributed by atoms with Crippen LogP contribution >= 0.6 is 0 Å². The molecule has 1 aromatic heterocycles. The number of aryl methyl sites for hydroxylation is 1.